The van der Waals surface area contributed by atoms with E-state index in [1.807, 2.05) is 6.92 Å². The topological polar surface area (TPSA) is 38.3 Å². The molecule has 1 aromatic carbocycles. The maximum Gasteiger partial charge on any atom is 0.307 e. The lowest BCUT2D eigenvalue weighted by Crippen LogP contribution is -2.33. The maximum absolute atomic E-state index is 11.6. The summed E-state index contributed by atoms with van der Waals surface area (Å²) in [5.74, 6) is -0.130. The third-order valence-electron chi connectivity index (χ3n) is 3.51. The molecule has 0 spiro atoms. The van der Waals surface area contributed by atoms with E-state index in [9.17, 15) is 4.79 Å². The van der Waals surface area contributed by atoms with Crippen molar-refractivity contribution in [2.45, 2.75) is 58.9 Å². The average molecular weight is 291 g/mol. The van der Waals surface area contributed by atoms with Crippen molar-refractivity contribution in [2.75, 3.05) is 13.2 Å². The van der Waals surface area contributed by atoms with Crippen molar-refractivity contribution < 1.29 is 9.53 Å². The highest BCUT2D eigenvalue weighted by atomic mass is 16.5. The van der Waals surface area contributed by atoms with Gasteiger partial charge in [-0.15, -0.1) is 0 Å². The second-order valence-corrected chi connectivity index (χ2v) is 6.41. The molecule has 0 saturated heterocycles. The lowest BCUT2D eigenvalue weighted by Gasteiger charge is -2.20. The van der Waals surface area contributed by atoms with Crippen molar-refractivity contribution in [1.82, 2.24) is 5.32 Å². The molecule has 1 rings (SSSR count). The second kappa shape index (κ2) is 8.18. The molecule has 21 heavy (non-hydrogen) atoms. The number of hydrogen-bond acceptors (Lipinski definition) is 3. The van der Waals surface area contributed by atoms with Crippen LogP contribution in [0.25, 0.3) is 0 Å². The van der Waals surface area contributed by atoms with Crippen LogP contribution in [0.3, 0.4) is 0 Å². The SMILES string of the molecule is CCNC(CC(=O)OCC)Cc1ccc(C(C)(C)C)cc1. The van der Waals surface area contributed by atoms with Crippen molar-refractivity contribution >= 4 is 5.97 Å². The third kappa shape index (κ3) is 6.30. The molecule has 0 amide bonds. The lowest BCUT2D eigenvalue weighted by molar-refractivity contribution is -0.143. The maximum atomic E-state index is 11.6. The van der Waals surface area contributed by atoms with Gasteiger partial charge in [-0.1, -0.05) is 52.0 Å². The van der Waals surface area contributed by atoms with Crippen LogP contribution in [-0.2, 0) is 21.4 Å². The molecular weight excluding hydrogens is 262 g/mol. The summed E-state index contributed by atoms with van der Waals surface area (Å²) in [4.78, 5) is 11.6. The van der Waals surface area contributed by atoms with E-state index in [1.54, 1.807) is 0 Å². The molecule has 0 aromatic heterocycles. The second-order valence-electron chi connectivity index (χ2n) is 6.41. The zero-order valence-corrected chi connectivity index (χ0v) is 14.0. The molecule has 0 saturated carbocycles. The van der Waals surface area contributed by atoms with Gasteiger partial charge < -0.3 is 10.1 Å². The first-order valence-electron chi connectivity index (χ1n) is 7.85. The van der Waals surface area contributed by atoms with Crippen molar-refractivity contribution in [3.63, 3.8) is 0 Å². The molecule has 3 heteroatoms. The van der Waals surface area contributed by atoms with Gasteiger partial charge in [-0.3, -0.25) is 4.79 Å². The number of carbonyl (C=O) groups is 1. The van der Waals surface area contributed by atoms with E-state index < -0.39 is 0 Å². The zero-order valence-electron chi connectivity index (χ0n) is 14.0. The quantitative estimate of drug-likeness (QED) is 0.782. The normalized spacial score (nSPS) is 13.0. The average Bonchev–Trinajstić information content (AvgIpc) is 2.38. The van der Waals surface area contributed by atoms with Crippen LogP contribution in [0.15, 0.2) is 24.3 Å². The van der Waals surface area contributed by atoms with Crippen LogP contribution in [0, 0.1) is 0 Å². The van der Waals surface area contributed by atoms with Gasteiger partial charge in [0.05, 0.1) is 13.0 Å². The van der Waals surface area contributed by atoms with Crippen LogP contribution >= 0.6 is 0 Å². The first-order chi connectivity index (χ1) is 9.86. The fourth-order valence-corrected chi connectivity index (χ4v) is 2.35. The molecule has 0 heterocycles. The first kappa shape index (κ1) is 17.7. The van der Waals surface area contributed by atoms with Crippen LogP contribution in [-0.4, -0.2) is 25.2 Å². The van der Waals surface area contributed by atoms with Gasteiger partial charge >= 0.3 is 5.97 Å². The van der Waals surface area contributed by atoms with Crippen molar-refractivity contribution in [3.8, 4) is 0 Å². The Kier molecular flexibility index (Phi) is 6.90. The largest absolute Gasteiger partial charge is 0.466 e. The number of nitrogens with one attached hydrogen (secondary N) is 1. The minimum absolute atomic E-state index is 0.130. The number of rotatable bonds is 7. The molecule has 1 aromatic rings. The lowest BCUT2D eigenvalue weighted by atomic mass is 9.86. The summed E-state index contributed by atoms with van der Waals surface area (Å²) in [6.45, 7) is 11.8. The number of esters is 1. The standard InChI is InChI=1S/C18H29NO2/c1-6-19-16(13-17(20)21-7-2)12-14-8-10-15(11-9-14)18(3,4)5/h8-11,16,19H,6-7,12-13H2,1-5H3. The highest BCUT2D eigenvalue weighted by molar-refractivity contribution is 5.70. The Labute approximate surface area is 129 Å². The third-order valence-corrected chi connectivity index (χ3v) is 3.51. The number of hydrogen-bond donors (Lipinski definition) is 1. The number of carbonyl (C=O) groups excluding carboxylic acids is 1. The van der Waals surface area contributed by atoms with Crippen molar-refractivity contribution in [2.24, 2.45) is 0 Å². The van der Waals surface area contributed by atoms with Gasteiger partial charge in [0, 0.05) is 6.04 Å². The summed E-state index contributed by atoms with van der Waals surface area (Å²) in [7, 11) is 0. The van der Waals surface area contributed by atoms with Crippen LogP contribution < -0.4 is 5.32 Å². The number of benzene rings is 1. The van der Waals surface area contributed by atoms with Crippen molar-refractivity contribution in [1.29, 1.82) is 0 Å². The van der Waals surface area contributed by atoms with Crippen LogP contribution in [0.5, 0.6) is 0 Å². The van der Waals surface area contributed by atoms with Gasteiger partial charge in [0.25, 0.3) is 0 Å². The Morgan fingerprint density at radius 3 is 2.29 bits per heavy atom. The van der Waals surface area contributed by atoms with E-state index in [0.29, 0.717) is 13.0 Å². The molecule has 1 unspecified atom stereocenters. The van der Waals surface area contributed by atoms with E-state index in [4.69, 9.17) is 4.74 Å². The van der Waals surface area contributed by atoms with E-state index in [1.165, 1.54) is 11.1 Å². The van der Waals surface area contributed by atoms with Gasteiger partial charge in [0.15, 0.2) is 0 Å². The smallest absolute Gasteiger partial charge is 0.307 e. The Balaban J connectivity index is 2.68. The molecule has 1 N–H and O–H groups in total. The molecule has 0 radical (unpaired) electrons. The van der Waals surface area contributed by atoms with Gasteiger partial charge in [-0.05, 0) is 36.4 Å². The Morgan fingerprint density at radius 1 is 1.19 bits per heavy atom. The summed E-state index contributed by atoms with van der Waals surface area (Å²) in [5.41, 5.74) is 2.75. The Hall–Kier alpha value is -1.35. The van der Waals surface area contributed by atoms with Gasteiger partial charge in [0.1, 0.15) is 0 Å². The first-order valence-corrected chi connectivity index (χ1v) is 7.85. The Bertz CT molecular complexity index is 432. The van der Waals surface area contributed by atoms with Gasteiger partial charge in [-0.2, -0.15) is 0 Å². The molecule has 0 aliphatic rings. The molecule has 0 bridgehead atoms. The summed E-state index contributed by atoms with van der Waals surface area (Å²) in [6, 6.07) is 8.83. The van der Waals surface area contributed by atoms with E-state index in [0.717, 1.165) is 13.0 Å². The predicted molar refractivity (Wildman–Crippen MR) is 87.6 cm³/mol. The van der Waals surface area contributed by atoms with Crippen LogP contribution in [0.1, 0.15) is 52.2 Å². The monoisotopic (exact) mass is 291 g/mol. The van der Waals surface area contributed by atoms with Crippen molar-refractivity contribution in [3.05, 3.63) is 35.4 Å². The molecular formula is C18H29NO2. The molecule has 3 nitrogen and oxygen atoms in total. The Morgan fingerprint density at radius 2 is 1.81 bits per heavy atom. The summed E-state index contributed by atoms with van der Waals surface area (Å²) >= 11 is 0. The predicted octanol–water partition coefficient (Wildman–Crippen LogP) is 3.46. The number of ether oxygens (including phenoxy) is 1. The molecule has 0 aliphatic carbocycles. The fraction of sp³-hybridized carbons (Fsp3) is 0.611. The van der Waals surface area contributed by atoms with E-state index in [-0.39, 0.29) is 17.4 Å². The highest BCUT2D eigenvalue weighted by Crippen LogP contribution is 2.22. The minimum atomic E-state index is -0.130. The molecule has 0 fully saturated rings. The van der Waals surface area contributed by atoms with Crippen LogP contribution in [0.4, 0.5) is 0 Å². The summed E-state index contributed by atoms with van der Waals surface area (Å²) < 4.78 is 5.04. The van der Waals surface area contributed by atoms with Gasteiger partial charge in [-0.25, -0.2) is 0 Å². The molecule has 0 aliphatic heterocycles. The minimum Gasteiger partial charge on any atom is -0.466 e. The highest BCUT2D eigenvalue weighted by Gasteiger charge is 2.16. The number of likely N-dealkylation sites (N-methyl/N-ethyl adjacent to an activating group) is 1. The van der Waals surface area contributed by atoms with Gasteiger partial charge in [0.2, 0.25) is 0 Å². The van der Waals surface area contributed by atoms with E-state index in [2.05, 4.69) is 57.3 Å². The molecule has 1 atom stereocenters. The summed E-state index contributed by atoms with van der Waals surface area (Å²) in [6.07, 6.45) is 1.26. The summed E-state index contributed by atoms with van der Waals surface area (Å²) in [5, 5.41) is 3.36. The van der Waals surface area contributed by atoms with E-state index >= 15 is 0 Å². The zero-order chi connectivity index (χ0) is 15.9. The fourth-order valence-electron chi connectivity index (χ4n) is 2.35. The van der Waals surface area contributed by atoms with Crippen LogP contribution in [0.2, 0.25) is 0 Å². The molecule has 118 valence electrons.